The Labute approximate surface area is 144 Å². The molecule has 5 nitrogen and oxygen atoms in total. The van der Waals surface area contributed by atoms with Crippen molar-refractivity contribution < 1.29 is 9.90 Å². The SMILES string of the molecule is Cc1nn(CC(C)C)c2sc(C(=O)NCc3ccc(O)cc3)cc12. The maximum absolute atomic E-state index is 12.4. The summed E-state index contributed by atoms with van der Waals surface area (Å²) in [6.07, 6.45) is 0. The molecule has 2 heterocycles. The molecule has 0 unspecified atom stereocenters. The van der Waals surface area contributed by atoms with Gasteiger partial charge in [-0.2, -0.15) is 5.10 Å². The van der Waals surface area contributed by atoms with Gasteiger partial charge in [-0.05, 0) is 36.6 Å². The number of aromatic nitrogens is 2. The number of nitrogens with one attached hydrogen (secondary N) is 1. The molecule has 6 heteroatoms. The molecule has 1 aromatic carbocycles. The highest BCUT2D eigenvalue weighted by atomic mass is 32.1. The Hall–Kier alpha value is -2.34. The van der Waals surface area contributed by atoms with Crippen LogP contribution in [-0.2, 0) is 13.1 Å². The molecule has 3 aromatic rings. The molecule has 2 aromatic heterocycles. The quantitative estimate of drug-likeness (QED) is 0.742. The first-order valence-electron chi connectivity index (χ1n) is 7.97. The van der Waals surface area contributed by atoms with Crippen molar-refractivity contribution in [1.82, 2.24) is 15.1 Å². The van der Waals surface area contributed by atoms with Gasteiger partial charge in [0.2, 0.25) is 0 Å². The Balaban J connectivity index is 1.76. The third-order valence-corrected chi connectivity index (χ3v) is 4.91. The van der Waals surface area contributed by atoms with E-state index in [4.69, 9.17) is 0 Å². The van der Waals surface area contributed by atoms with Gasteiger partial charge in [-0.3, -0.25) is 9.48 Å². The van der Waals surface area contributed by atoms with Gasteiger partial charge in [0.05, 0.1) is 10.6 Å². The minimum atomic E-state index is -0.0835. The van der Waals surface area contributed by atoms with E-state index in [9.17, 15) is 9.90 Å². The van der Waals surface area contributed by atoms with Gasteiger partial charge in [0.15, 0.2) is 0 Å². The van der Waals surface area contributed by atoms with E-state index in [0.29, 0.717) is 17.3 Å². The van der Waals surface area contributed by atoms with E-state index in [1.54, 1.807) is 24.3 Å². The fourth-order valence-corrected chi connectivity index (χ4v) is 3.66. The summed E-state index contributed by atoms with van der Waals surface area (Å²) in [6.45, 7) is 7.57. The second kappa shape index (κ2) is 6.65. The minimum Gasteiger partial charge on any atom is -0.508 e. The van der Waals surface area contributed by atoms with E-state index in [2.05, 4.69) is 24.3 Å². The molecular formula is C18H21N3O2S. The van der Waals surface area contributed by atoms with Crippen molar-refractivity contribution in [1.29, 1.82) is 0 Å². The highest BCUT2D eigenvalue weighted by Crippen LogP contribution is 2.28. The molecule has 0 radical (unpaired) electrons. The number of benzene rings is 1. The minimum absolute atomic E-state index is 0.0835. The average Bonchev–Trinajstić information content (AvgIpc) is 3.08. The van der Waals surface area contributed by atoms with E-state index < -0.39 is 0 Å². The number of rotatable bonds is 5. The van der Waals surface area contributed by atoms with Gasteiger partial charge in [0, 0.05) is 18.5 Å². The van der Waals surface area contributed by atoms with Crippen LogP contribution in [0.15, 0.2) is 30.3 Å². The number of aromatic hydroxyl groups is 1. The number of aryl methyl sites for hydroxylation is 1. The van der Waals surface area contributed by atoms with Crippen molar-refractivity contribution in [2.75, 3.05) is 0 Å². The third-order valence-electron chi connectivity index (χ3n) is 3.76. The second-order valence-electron chi connectivity index (χ2n) is 6.34. The predicted molar refractivity (Wildman–Crippen MR) is 96.5 cm³/mol. The van der Waals surface area contributed by atoms with Crippen LogP contribution in [0.2, 0.25) is 0 Å². The van der Waals surface area contributed by atoms with E-state index >= 15 is 0 Å². The average molecular weight is 343 g/mol. The van der Waals surface area contributed by atoms with Gasteiger partial charge in [-0.1, -0.05) is 26.0 Å². The molecular weight excluding hydrogens is 322 g/mol. The monoisotopic (exact) mass is 343 g/mol. The molecule has 1 amide bonds. The predicted octanol–water partition coefficient (Wildman–Crippen LogP) is 3.70. The second-order valence-corrected chi connectivity index (χ2v) is 7.37. The molecule has 0 aliphatic heterocycles. The molecule has 126 valence electrons. The first kappa shape index (κ1) is 16.5. The number of thiophene rings is 1. The lowest BCUT2D eigenvalue weighted by atomic mass is 10.2. The fourth-order valence-electron chi connectivity index (χ4n) is 2.58. The zero-order valence-electron chi connectivity index (χ0n) is 14.0. The van der Waals surface area contributed by atoms with Gasteiger partial charge in [0.1, 0.15) is 10.6 Å². The summed E-state index contributed by atoms with van der Waals surface area (Å²) in [5.41, 5.74) is 1.91. The number of hydrogen-bond donors (Lipinski definition) is 2. The summed E-state index contributed by atoms with van der Waals surface area (Å²) in [6, 6.07) is 8.75. The Kier molecular flexibility index (Phi) is 4.57. The van der Waals surface area contributed by atoms with E-state index in [-0.39, 0.29) is 11.7 Å². The van der Waals surface area contributed by atoms with Crippen molar-refractivity contribution >= 4 is 27.5 Å². The highest BCUT2D eigenvalue weighted by molar-refractivity contribution is 7.20. The summed E-state index contributed by atoms with van der Waals surface area (Å²) in [7, 11) is 0. The Morgan fingerprint density at radius 1 is 1.33 bits per heavy atom. The van der Waals surface area contributed by atoms with E-state index in [0.717, 1.165) is 28.0 Å². The lowest BCUT2D eigenvalue weighted by Gasteiger charge is -2.05. The first-order chi connectivity index (χ1) is 11.4. The smallest absolute Gasteiger partial charge is 0.261 e. The summed E-state index contributed by atoms with van der Waals surface area (Å²) in [5, 5.41) is 17.8. The van der Waals surface area contributed by atoms with E-state index in [1.165, 1.54) is 11.3 Å². The molecule has 24 heavy (non-hydrogen) atoms. The molecule has 0 aliphatic rings. The largest absolute Gasteiger partial charge is 0.508 e. The van der Waals surface area contributed by atoms with E-state index in [1.807, 2.05) is 17.7 Å². The van der Waals surface area contributed by atoms with Crippen LogP contribution in [0.1, 0.15) is 34.8 Å². The number of fused-ring (bicyclic) bond motifs is 1. The van der Waals surface area contributed by atoms with Crippen molar-refractivity contribution in [3.63, 3.8) is 0 Å². The lowest BCUT2D eigenvalue weighted by Crippen LogP contribution is -2.21. The zero-order valence-corrected chi connectivity index (χ0v) is 14.9. The van der Waals surface area contributed by atoms with Crippen LogP contribution < -0.4 is 5.32 Å². The Morgan fingerprint density at radius 3 is 2.71 bits per heavy atom. The number of amides is 1. The van der Waals surface area contributed by atoms with Gasteiger partial charge in [0.25, 0.3) is 5.91 Å². The van der Waals surface area contributed by atoms with Gasteiger partial charge < -0.3 is 10.4 Å². The molecule has 3 rings (SSSR count). The molecule has 0 spiro atoms. The fraction of sp³-hybridized carbons (Fsp3) is 0.333. The number of carbonyl (C=O) groups is 1. The number of phenols is 1. The maximum atomic E-state index is 12.4. The van der Waals surface area contributed by atoms with Gasteiger partial charge in [-0.15, -0.1) is 11.3 Å². The number of hydrogen-bond acceptors (Lipinski definition) is 4. The number of carbonyl (C=O) groups excluding carboxylic acids is 1. The van der Waals surface area contributed by atoms with Gasteiger partial charge in [-0.25, -0.2) is 0 Å². The number of nitrogens with zero attached hydrogens (tertiary/aromatic N) is 2. The summed E-state index contributed by atoms with van der Waals surface area (Å²) in [5.74, 6) is 0.640. The molecule has 0 fully saturated rings. The standard InChI is InChI=1S/C18H21N3O2S/c1-11(2)10-21-18-15(12(3)20-21)8-16(24-18)17(23)19-9-13-4-6-14(22)7-5-13/h4-8,11,22H,9-10H2,1-3H3,(H,19,23). The Morgan fingerprint density at radius 2 is 2.04 bits per heavy atom. The molecule has 0 atom stereocenters. The molecule has 2 N–H and O–H groups in total. The maximum Gasteiger partial charge on any atom is 0.261 e. The van der Waals surface area contributed by atoms with Gasteiger partial charge >= 0.3 is 0 Å². The molecule has 0 saturated heterocycles. The van der Waals surface area contributed by atoms with Crippen LogP contribution in [0.25, 0.3) is 10.2 Å². The molecule has 0 aliphatic carbocycles. The van der Waals surface area contributed by atoms with Crippen LogP contribution in [0, 0.1) is 12.8 Å². The molecule has 0 bridgehead atoms. The summed E-state index contributed by atoms with van der Waals surface area (Å²) < 4.78 is 2.00. The lowest BCUT2D eigenvalue weighted by molar-refractivity contribution is 0.0955. The van der Waals surface area contributed by atoms with Crippen molar-refractivity contribution in [2.24, 2.45) is 5.92 Å². The first-order valence-corrected chi connectivity index (χ1v) is 8.78. The third kappa shape index (κ3) is 3.43. The van der Waals surface area contributed by atoms with Crippen LogP contribution in [-0.4, -0.2) is 20.8 Å². The molecule has 0 saturated carbocycles. The zero-order chi connectivity index (χ0) is 17.3. The van der Waals surface area contributed by atoms with Crippen LogP contribution in [0.5, 0.6) is 5.75 Å². The Bertz CT molecular complexity index is 862. The normalized spacial score (nSPS) is 11.3. The highest BCUT2D eigenvalue weighted by Gasteiger charge is 2.16. The van der Waals surface area contributed by atoms with Crippen molar-refractivity contribution in [3.05, 3.63) is 46.5 Å². The van der Waals surface area contributed by atoms with Crippen LogP contribution in [0.4, 0.5) is 0 Å². The van der Waals surface area contributed by atoms with Crippen LogP contribution >= 0.6 is 11.3 Å². The van der Waals surface area contributed by atoms with Crippen molar-refractivity contribution in [2.45, 2.75) is 33.9 Å². The summed E-state index contributed by atoms with van der Waals surface area (Å²) in [4.78, 5) is 14.2. The topological polar surface area (TPSA) is 67.2 Å². The van der Waals surface area contributed by atoms with Crippen molar-refractivity contribution in [3.8, 4) is 5.75 Å². The van der Waals surface area contributed by atoms with Crippen LogP contribution in [0.3, 0.4) is 0 Å². The number of phenolic OH excluding ortho intramolecular Hbond substituents is 1. The summed E-state index contributed by atoms with van der Waals surface area (Å²) >= 11 is 1.48.